The Labute approximate surface area is 91.2 Å². The van der Waals surface area contributed by atoms with Crippen LogP contribution in [0, 0.1) is 5.92 Å². The van der Waals surface area contributed by atoms with Crippen LogP contribution in [-0.4, -0.2) is 42.4 Å². The number of likely N-dealkylation sites (tertiary alicyclic amines) is 1. The van der Waals surface area contributed by atoms with Crippen molar-refractivity contribution >= 4 is 6.29 Å². The molecule has 1 N–H and O–H groups in total. The normalized spacial score (nSPS) is 45.9. The third-order valence-electron chi connectivity index (χ3n) is 4.50. The van der Waals surface area contributed by atoms with Gasteiger partial charge in [0.05, 0.1) is 0 Å². The molecular weight excluding hydrogens is 188 g/mol. The summed E-state index contributed by atoms with van der Waals surface area (Å²) >= 11 is 0. The lowest BCUT2D eigenvalue weighted by atomic mass is 9.86. The van der Waals surface area contributed by atoms with Gasteiger partial charge in [-0.05, 0) is 32.1 Å². The Morgan fingerprint density at radius 3 is 2.47 bits per heavy atom. The van der Waals surface area contributed by atoms with Gasteiger partial charge in [-0.3, -0.25) is 4.90 Å². The van der Waals surface area contributed by atoms with Crippen LogP contribution in [0.3, 0.4) is 0 Å². The van der Waals surface area contributed by atoms with Crippen molar-refractivity contribution in [2.24, 2.45) is 5.92 Å². The van der Waals surface area contributed by atoms with Crippen molar-refractivity contribution in [3.05, 3.63) is 0 Å². The summed E-state index contributed by atoms with van der Waals surface area (Å²) in [6.45, 7) is 2.44. The van der Waals surface area contributed by atoms with E-state index in [0.29, 0.717) is 5.92 Å². The maximum atomic E-state index is 10.7. The van der Waals surface area contributed by atoms with E-state index < -0.39 is 0 Å². The maximum absolute atomic E-state index is 10.7. The molecule has 3 heteroatoms. The molecule has 3 rings (SSSR count). The quantitative estimate of drug-likeness (QED) is 0.681. The van der Waals surface area contributed by atoms with Gasteiger partial charge >= 0.3 is 0 Å². The molecule has 1 unspecified atom stereocenters. The Balaban J connectivity index is 1.58. The monoisotopic (exact) mass is 208 g/mol. The van der Waals surface area contributed by atoms with E-state index in [0.717, 1.165) is 37.3 Å². The summed E-state index contributed by atoms with van der Waals surface area (Å²) in [5.41, 5.74) is 0. The van der Waals surface area contributed by atoms with Crippen LogP contribution in [0.4, 0.5) is 0 Å². The molecule has 2 saturated heterocycles. The molecule has 0 aromatic rings. The van der Waals surface area contributed by atoms with E-state index in [9.17, 15) is 4.79 Å². The van der Waals surface area contributed by atoms with Gasteiger partial charge in [-0.2, -0.15) is 0 Å². The predicted molar refractivity (Wildman–Crippen MR) is 58.7 cm³/mol. The Morgan fingerprint density at radius 1 is 1.13 bits per heavy atom. The van der Waals surface area contributed by atoms with E-state index in [1.807, 2.05) is 0 Å². The summed E-state index contributed by atoms with van der Waals surface area (Å²) in [5.74, 6) is 0.360. The van der Waals surface area contributed by atoms with E-state index in [1.54, 1.807) is 0 Å². The van der Waals surface area contributed by atoms with Crippen LogP contribution in [0.1, 0.15) is 32.1 Å². The molecule has 2 aliphatic heterocycles. The summed E-state index contributed by atoms with van der Waals surface area (Å²) in [4.78, 5) is 13.4. The lowest BCUT2D eigenvalue weighted by molar-refractivity contribution is -0.112. The van der Waals surface area contributed by atoms with Gasteiger partial charge in [0.25, 0.3) is 0 Å². The highest BCUT2D eigenvalue weighted by molar-refractivity contribution is 5.53. The highest BCUT2D eigenvalue weighted by Gasteiger charge is 2.41. The Hall–Kier alpha value is -0.410. The molecule has 0 aromatic heterocycles. The van der Waals surface area contributed by atoms with Crippen molar-refractivity contribution in [3.8, 4) is 0 Å². The molecule has 84 valence electrons. The molecule has 1 saturated carbocycles. The van der Waals surface area contributed by atoms with Gasteiger partial charge in [0.2, 0.25) is 0 Å². The number of hydrogen-bond donors (Lipinski definition) is 1. The summed E-state index contributed by atoms with van der Waals surface area (Å²) in [5, 5.41) is 3.55. The molecule has 1 aliphatic carbocycles. The van der Waals surface area contributed by atoms with E-state index in [-0.39, 0.29) is 0 Å². The van der Waals surface area contributed by atoms with Crippen LogP contribution in [0.5, 0.6) is 0 Å². The van der Waals surface area contributed by atoms with Gasteiger partial charge in [0.15, 0.2) is 0 Å². The smallest absolute Gasteiger partial charge is 0.123 e. The minimum absolute atomic E-state index is 0.360. The molecule has 3 fully saturated rings. The molecule has 0 amide bonds. The fourth-order valence-corrected chi connectivity index (χ4v) is 3.61. The second-order valence-corrected chi connectivity index (χ2v) is 5.40. The van der Waals surface area contributed by atoms with Crippen LogP contribution >= 0.6 is 0 Å². The maximum Gasteiger partial charge on any atom is 0.123 e. The van der Waals surface area contributed by atoms with E-state index >= 15 is 0 Å². The summed E-state index contributed by atoms with van der Waals surface area (Å²) in [7, 11) is 0. The molecule has 0 spiro atoms. The third kappa shape index (κ3) is 1.72. The predicted octanol–water partition coefficient (Wildman–Crippen LogP) is 0.790. The zero-order valence-electron chi connectivity index (χ0n) is 9.19. The lowest BCUT2D eigenvalue weighted by Crippen LogP contribution is -2.49. The van der Waals surface area contributed by atoms with Crippen molar-refractivity contribution in [3.63, 3.8) is 0 Å². The first kappa shape index (κ1) is 9.79. The number of fused-ring (bicyclic) bond motifs is 2. The molecule has 2 heterocycles. The average Bonchev–Trinajstić information content (AvgIpc) is 2.91. The van der Waals surface area contributed by atoms with Crippen molar-refractivity contribution in [2.75, 3.05) is 13.1 Å². The van der Waals surface area contributed by atoms with Gasteiger partial charge in [0.1, 0.15) is 6.29 Å². The number of carbonyl (C=O) groups excluding carboxylic acids is 1. The first-order chi connectivity index (χ1) is 7.36. The Bertz CT molecular complexity index is 248. The van der Waals surface area contributed by atoms with Crippen LogP contribution < -0.4 is 5.32 Å². The van der Waals surface area contributed by atoms with E-state index in [1.165, 1.54) is 32.4 Å². The number of carbonyl (C=O) groups is 1. The first-order valence-corrected chi connectivity index (χ1v) is 6.31. The Morgan fingerprint density at radius 2 is 1.93 bits per heavy atom. The van der Waals surface area contributed by atoms with Gasteiger partial charge in [-0.1, -0.05) is 0 Å². The Kier molecular flexibility index (Phi) is 2.53. The number of rotatable bonds is 2. The molecule has 2 bridgehead atoms. The van der Waals surface area contributed by atoms with Crippen LogP contribution in [0.15, 0.2) is 0 Å². The number of aldehydes is 1. The number of hydrogen-bond acceptors (Lipinski definition) is 3. The summed E-state index contributed by atoms with van der Waals surface area (Å²) in [6, 6.07) is 2.34. The zero-order valence-corrected chi connectivity index (χ0v) is 9.19. The second kappa shape index (κ2) is 3.87. The van der Waals surface area contributed by atoms with Crippen molar-refractivity contribution < 1.29 is 4.79 Å². The van der Waals surface area contributed by atoms with E-state index in [2.05, 4.69) is 10.2 Å². The fraction of sp³-hybridized carbons (Fsp3) is 0.917. The number of nitrogens with zero attached hydrogens (tertiary/aromatic N) is 1. The second-order valence-electron chi connectivity index (χ2n) is 5.40. The molecule has 0 aromatic carbocycles. The SMILES string of the molecule is O=CC1CCC(N2C[C@@H]3CC2CN3)CC1. The average molecular weight is 208 g/mol. The molecule has 2 atom stereocenters. The van der Waals surface area contributed by atoms with E-state index in [4.69, 9.17) is 0 Å². The summed E-state index contributed by atoms with van der Waals surface area (Å²) < 4.78 is 0. The van der Waals surface area contributed by atoms with Crippen molar-refractivity contribution in [2.45, 2.75) is 50.2 Å². The minimum Gasteiger partial charge on any atom is -0.311 e. The lowest BCUT2D eigenvalue weighted by Gasteiger charge is -2.38. The molecule has 3 nitrogen and oxygen atoms in total. The molecule has 3 aliphatic rings. The largest absolute Gasteiger partial charge is 0.311 e. The zero-order chi connectivity index (χ0) is 10.3. The molecule has 15 heavy (non-hydrogen) atoms. The van der Waals surface area contributed by atoms with Gasteiger partial charge in [-0.15, -0.1) is 0 Å². The van der Waals surface area contributed by atoms with Crippen molar-refractivity contribution in [1.29, 1.82) is 0 Å². The number of piperazine rings is 1. The fourth-order valence-electron chi connectivity index (χ4n) is 3.61. The van der Waals surface area contributed by atoms with Crippen LogP contribution in [0.25, 0.3) is 0 Å². The number of nitrogens with one attached hydrogen (secondary N) is 1. The van der Waals surface area contributed by atoms with Gasteiger partial charge < -0.3 is 10.1 Å². The van der Waals surface area contributed by atoms with Crippen LogP contribution in [0.2, 0.25) is 0 Å². The van der Waals surface area contributed by atoms with Gasteiger partial charge in [-0.25, -0.2) is 0 Å². The molecule has 0 radical (unpaired) electrons. The highest BCUT2D eigenvalue weighted by Crippen LogP contribution is 2.33. The summed E-state index contributed by atoms with van der Waals surface area (Å²) in [6.07, 6.45) is 7.24. The third-order valence-corrected chi connectivity index (χ3v) is 4.50. The van der Waals surface area contributed by atoms with Crippen molar-refractivity contribution in [1.82, 2.24) is 10.2 Å². The molecular formula is C12H20N2O. The minimum atomic E-state index is 0.360. The highest BCUT2D eigenvalue weighted by atomic mass is 16.1. The first-order valence-electron chi connectivity index (χ1n) is 6.31. The van der Waals surface area contributed by atoms with Crippen LogP contribution in [-0.2, 0) is 4.79 Å². The standard InChI is InChI=1S/C12H20N2O/c15-8-9-1-3-11(4-2-9)14-7-10-5-12(14)6-13-10/h8-13H,1-7H2/t9?,10-,11?,12?/m0/s1. The topological polar surface area (TPSA) is 32.3 Å². The van der Waals surface area contributed by atoms with Gasteiger partial charge in [0, 0.05) is 37.1 Å².